The molecule has 4 nitrogen and oxygen atoms in total. The molecule has 94 valence electrons. The molecule has 0 saturated heterocycles. The predicted octanol–water partition coefficient (Wildman–Crippen LogP) is 1.72. The second kappa shape index (κ2) is 6.83. The predicted molar refractivity (Wildman–Crippen MR) is 67.1 cm³/mol. The monoisotopic (exact) mass is 247 g/mol. The average Bonchev–Trinajstić information content (AvgIpc) is 2.21. The molecule has 2 atom stereocenters. The van der Waals surface area contributed by atoms with E-state index in [1.807, 2.05) is 13.8 Å². The summed E-state index contributed by atoms with van der Waals surface area (Å²) in [6, 6.07) is 0.295. The molecule has 0 saturated carbocycles. The third-order valence-corrected chi connectivity index (χ3v) is 3.35. The summed E-state index contributed by atoms with van der Waals surface area (Å²) in [6.45, 7) is 12.0. The molecule has 1 N–H and O–H groups in total. The Balaban J connectivity index is 4.33. The molecule has 0 heterocycles. The molecule has 0 radical (unpaired) electrons. The van der Waals surface area contributed by atoms with Crippen molar-refractivity contribution in [1.82, 2.24) is 4.90 Å². The van der Waals surface area contributed by atoms with Gasteiger partial charge in [-0.2, -0.15) is 8.42 Å². The van der Waals surface area contributed by atoms with Crippen LogP contribution < -0.4 is 0 Å². The Kier molecular flexibility index (Phi) is 6.55. The van der Waals surface area contributed by atoms with Gasteiger partial charge in [0.1, 0.15) is 0 Å². The molecular weight excluding hydrogens is 226 g/mol. The highest BCUT2D eigenvalue weighted by molar-refractivity contribution is 7.85. The first-order chi connectivity index (χ1) is 7.31. The van der Waals surface area contributed by atoms with E-state index in [1.165, 1.54) is 0 Å². The topological polar surface area (TPSA) is 57.6 Å². The van der Waals surface area contributed by atoms with Gasteiger partial charge < -0.3 is 0 Å². The molecule has 0 fully saturated rings. The van der Waals surface area contributed by atoms with Crippen LogP contribution in [-0.4, -0.2) is 42.3 Å². The Morgan fingerprint density at radius 3 is 2.00 bits per heavy atom. The maximum Gasteiger partial charge on any atom is 0.264 e. The van der Waals surface area contributed by atoms with Gasteiger partial charge in [0.15, 0.2) is 0 Å². The van der Waals surface area contributed by atoms with Gasteiger partial charge in [0.2, 0.25) is 0 Å². The van der Waals surface area contributed by atoms with Crippen molar-refractivity contribution in [2.45, 2.75) is 32.4 Å². The molecule has 0 aliphatic heterocycles. The highest BCUT2D eigenvalue weighted by Gasteiger charge is 2.16. The van der Waals surface area contributed by atoms with E-state index in [4.69, 9.17) is 4.55 Å². The van der Waals surface area contributed by atoms with Crippen molar-refractivity contribution >= 4 is 10.1 Å². The smallest absolute Gasteiger partial charge is 0.264 e. The fourth-order valence-corrected chi connectivity index (χ4v) is 1.97. The second-order valence-corrected chi connectivity index (χ2v) is 5.40. The van der Waals surface area contributed by atoms with Crippen LogP contribution in [0.4, 0.5) is 0 Å². The first-order valence-corrected chi connectivity index (χ1v) is 6.88. The fraction of sp³-hybridized carbons (Fsp3) is 0.636. The van der Waals surface area contributed by atoms with Crippen LogP contribution in [0.25, 0.3) is 0 Å². The van der Waals surface area contributed by atoms with E-state index in [2.05, 4.69) is 18.1 Å². The van der Waals surface area contributed by atoms with Crippen molar-refractivity contribution in [1.29, 1.82) is 0 Å². The first-order valence-electron chi connectivity index (χ1n) is 5.28. The van der Waals surface area contributed by atoms with Crippen molar-refractivity contribution in [2.75, 3.05) is 12.3 Å². The van der Waals surface area contributed by atoms with Gasteiger partial charge >= 0.3 is 0 Å². The van der Waals surface area contributed by atoms with Gasteiger partial charge in [-0.05, 0) is 20.3 Å². The summed E-state index contributed by atoms with van der Waals surface area (Å²) in [5, 5.41) is 0. The highest BCUT2D eigenvalue weighted by atomic mass is 32.2. The zero-order valence-electron chi connectivity index (χ0n) is 9.96. The lowest BCUT2D eigenvalue weighted by Gasteiger charge is -2.31. The molecule has 16 heavy (non-hydrogen) atoms. The summed E-state index contributed by atoms with van der Waals surface area (Å²) >= 11 is 0. The van der Waals surface area contributed by atoms with Crippen LogP contribution in [0.1, 0.15) is 20.3 Å². The molecule has 0 aliphatic rings. The zero-order chi connectivity index (χ0) is 12.8. The lowest BCUT2D eigenvalue weighted by molar-refractivity contribution is 0.210. The van der Waals surface area contributed by atoms with Crippen LogP contribution in [-0.2, 0) is 10.1 Å². The van der Waals surface area contributed by atoms with Gasteiger partial charge in [0.25, 0.3) is 10.1 Å². The van der Waals surface area contributed by atoms with E-state index in [9.17, 15) is 8.42 Å². The maximum atomic E-state index is 10.6. The summed E-state index contributed by atoms with van der Waals surface area (Å²) in [4.78, 5) is 2.07. The highest BCUT2D eigenvalue weighted by Crippen LogP contribution is 2.08. The van der Waals surface area contributed by atoms with Crippen molar-refractivity contribution in [3.63, 3.8) is 0 Å². The van der Waals surface area contributed by atoms with Crippen LogP contribution in [0.2, 0.25) is 0 Å². The fourth-order valence-electron chi connectivity index (χ4n) is 1.48. The molecule has 0 spiro atoms. The van der Waals surface area contributed by atoms with Crippen LogP contribution in [0, 0.1) is 0 Å². The van der Waals surface area contributed by atoms with Gasteiger partial charge in [-0.25, -0.2) is 0 Å². The quantitative estimate of drug-likeness (QED) is 0.524. The third kappa shape index (κ3) is 6.05. The van der Waals surface area contributed by atoms with Crippen LogP contribution in [0.5, 0.6) is 0 Å². The number of hydrogen-bond acceptors (Lipinski definition) is 3. The van der Waals surface area contributed by atoms with Crippen molar-refractivity contribution in [3.05, 3.63) is 25.3 Å². The SMILES string of the molecule is C=CC(C)N(CCCS(=O)(=O)O)C(C)C=C. The van der Waals surface area contributed by atoms with E-state index >= 15 is 0 Å². The molecule has 2 unspecified atom stereocenters. The first kappa shape index (κ1) is 15.3. The summed E-state index contributed by atoms with van der Waals surface area (Å²) in [7, 11) is -3.86. The van der Waals surface area contributed by atoms with Gasteiger partial charge in [-0.15, -0.1) is 13.2 Å². The summed E-state index contributed by atoms with van der Waals surface area (Å²) < 4.78 is 29.8. The molecule has 0 aromatic carbocycles. The molecule has 5 heteroatoms. The Morgan fingerprint density at radius 1 is 1.25 bits per heavy atom. The minimum absolute atomic E-state index is 0.148. The lowest BCUT2D eigenvalue weighted by Crippen LogP contribution is -2.39. The van der Waals surface area contributed by atoms with Crippen molar-refractivity contribution in [3.8, 4) is 0 Å². The standard InChI is InChI=1S/C11H21NO3S/c1-5-10(3)12(11(4)6-2)8-7-9-16(13,14)15/h5-6,10-11H,1-2,7-9H2,3-4H3,(H,13,14,15). The van der Waals surface area contributed by atoms with E-state index in [0.717, 1.165) is 0 Å². The summed E-state index contributed by atoms with van der Waals surface area (Å²) in [5.74, 6) is -0.211. The second-order valence-electron chi connectivity index (χ2n) is 3.83. The van der Waals surface area contributed by atoms with Gasteiger partial charge in [0.05, 0.1) is 5.75 Å². The van der Waals surface area contributed by atoms with Crippen LogP contribution >= 0.6 is 0 Å². The number of rotatable bonds is 8. The molecule has 0 aliphatic carbocycles. The minimum Gasteiger partial charge on any atom is -0.291 e. The van der Waals surface area contributed by atoms with E-state index < -0.39 is 10.1 Å². The number of nitrogens with zero attached hydrogens (tertiary/aromatic N) is 1. The summed E-state index contributed by atoms with van der Waals surface area (Å²) in [5.41, 5.74) is 0. The van der Waals surface area contributed by atoms with Gasteiger partial charge in [0, 0.05) is 18.6 Å². The molecule has 0 amide bonds. The van der Waals surface area contributed by atoms with Crippen LogP contribution in [0.3, 0.4) is 0 Å². The largest absolute Gasteiger partial charge is 0.291 e. The Labute approximate surface area is 98.4 Å². The normalized spacial score (nSPS) is 15.8. The van der Waals surface area contributed by atoms with Crippen molar-refractivity contribution < 1.29 is 13.0 Å². The molecule has 0 aromatic heterocycles. The van der Waals surface area contributed by atoms with Crippen LogP contribution in [0.15, 0.2) is 25.3 Å². The third-order valence-electron chi connectivity index (χ3n) is 2.55. The van der Waals surface area contributed by atoms with Crippen molar-refractivity contribution in [2.24, 2.45) is 0 Å². The Bertz CT molecular complexity index is 310. The minimum atomic E-state index is -3.86. The Morgan fingerprint density at radius 2 is 1.69 bits per heavy atom. The maximum absolute atomic E-state index is 10.6. The lowest BCUT2D eigenvalue weighted by atomic mass is 10.2. The molecule has 0 bridgehead atoms. The van der Waals surface area contributed by atoms with Gasteiger partial charge in [-0.3, -0.25) is 9.45 Å². The summed E-state index contributed by atoms with van der Waals surface area (Å²) in [6.07, 6.45) is 4.00. The van der Waals surface area contributed by atoms with E-state index in [0.29, 0.717) is 13.0 Å². The average molecular weight is 247 g/mol. The number of hydrogen-bond donors (Lipinski definition) is 1. The van der Waals surface area contributed by atoms with E-state index in [-0.39, 0.29) is 17.8 Å². The molecular formula is C11H21NO3S. The molecule has 0 aromatic rings. The molecule has 0 rings (SSSR count). The Hall–Kier alpha value is -0.650. The zero-order valence-corrected chi connectivity index (χ0v) is 10.8. The van der Waals surface area contributed by atoms with E-state index in [1.54, 1.807) is 12.2 Å². The van der Waals surface area contributed by atoms with Gasteiger partial charge in [-0.1, -0.05) is 12.2 Å².